The largest absolute Gasteiger partial charge is 0.370 e. The maximum absolute atomic E-state index is 6.35. The topological polar surface area (TPSA) is 21.3 Å². The minimum absolute atomic E-state index is 0.219. The summed E-state index contributed by atoms with van der Waals surface area (Å²) in [6.07, 6.45) is 13.4. The lowest BCUT2D eigenvalue weighted by molar-refractivity contribution is -0.0371. The molecule has 0 aromatic heterocycles. The van der Waals surface area contributed by atoms with E-state index in [0.29, 0.717) is 6.10 Å². The monoisotopic (exact) mass is 271 g/mol. The van der Waals surface area contributed by atoms with E-state index < -0.39 is 0 Å². The van der Waals surface area contributed by atoms with Crippen LogP contribution in [0, 0.1) is 0 Å². The number of rotatable bonds is 4. The molecule has 2 saturated carbocycles. The second kappa shape index (κ2) is 5.30. The molecule has 3 aliphatic rings. The predicted octanol–water partition coefficient (Wildman–Crippen LogP) is 3.62. The summed E-state index contributed by atoms with van der Waals surface area (Å²) in [5, 5.41) is 3.74. The van der Waals surface area contributed by atoms with Crippen molar-refractivity contribution in [2.24, 2.45) is 0 Å². The fourth-order valence-corrected chi connectivity index (χ4v) is 4.53. The number of hydrogen-bond donors (Lipinski definition) is 1. The SMILES string of the molecule is ClCC1(NCC2CCC3(CCCC3)O2)CCCC1. The van der Waals surface area contributed by atoms with Gasteiger partial charge < -0.3 is 10.1 Å². The first-order chi connectivity index (χ1) is 8.76. The van der Waals surface area contributed by atoms with Crippen LogP contribution in [0.25, 0.3) is 0 Å². The Hall–Kier alpha value is 0.210. The first-order valence-corrected chi connectivity index (χ1v) is 8.28. The molecule has 104 valence electrons. The van der Waals surface area contributed by atoms with E-state index in [1.807, 2.05) is 0 Å². The summed E-state index contributed by atoms with van der Waals surface area (Å²) < 4.78 is 6.35. The molecule has 3 rings (SSSR count). The molecule has 0 aromatic carbocycles. The summed E-state index contributed by atoms with van der Waals surface area (Å²) in [5.74, 6) is 0.755. The Balaban J connectivity index is 1.49. The lowest BCUT2D eigenvalue weighted by Gasteiger charge is -2.30. The van der Waals surface area contributed by atoms with Crippen molar-refractivity contribution in [3.05, 3.63) is 0 Å². The Bertz CT molecular complexity index is 282. The second-order valence-corrected chi connectivity index (χ2v) is 6.94. The van der Waals surface area contributed by atoms with Crippen molar-refractivity contribution in [3.8, 4) is 0 Å². The molecular formula is C15H26ClNO. The average Bonchev–Trinajstić information content (AvgIpc) is 3.11. The van der Waals surface area contributed by atoms with Gasteiger partial charge in [-0.1, -0.05) is 25.7 Å². The van der Waals surface area contributed by atoms with E-state index in [1.54, 1.807) is 0 Å². The van der Waals surface area contributed by atoms with Gasteiger partial charge in [-0.25, -0.2) is 0 Å². The number of halogens is 1. The summed E-state index contributed by atoms with van der Waals surface area (Å²) in [5.41, 5.74) is 0.493. The van der Waals surface area contributed by atoms with Crippen molar-refractivity contribution in [3.63, 3.8) is 0 Å². The van der Waals surface area contributed by atoms with Crippen molar-refractivity contribution < 1.29 is 4.74 Å². The summed E-state index contributed by atoms with van der Waals surface area (Å²) in [6, 6.07) is 0. The van der Waals surface area contributed by atoms with Crippen LogP contribution in [0.5, 0.6) is 0 Å². The summed E-state index contributed by atoms with van der Waals surface area (Å²) in [7, 11) is 0. The highest BCUT2D eigenvalue weighted by molar-refractivity contribution is 6.18. The highest BCUT2D eigenvalue weighted by Crippen LogP contribution is 2.43. The van der Waals surface area contributed by atoms with Crippen LogP contribution in [0.15, 0.2) is 0 Å². The number of hydrogen-bond acceptors (Lipinski definition) is 2. The Morgan fingerprint density at radius 3 is 2.33 bits per heavy atom. The molecule has 0 aromatic rings. The van der Waals surface area contributed by atoms with Gasteiger partial charge in [0.15, 0.2) is 0 Å². The Kier molecular flexibility index (Phi) is 3.89. The van der Waals surface area contributed by atoms with Crippen LogP contribution < -0.4 is 5.32 Å². The zero-order valence-electron chi connectivity index (χ0n) is 11.3. The first kappa shape index (κ1) is 13.2. The third-order valence-electron chi connectivity index (χ3n) is 5.37. The van der Waals surface area contributed by atoms with Crippen LogP contribution in [-0.4, -0.2) is 29.7 Å². The van der Waals surface area contributed by atoms with E-state index in [2.05, 4.69) is 5.32 Å². The highest BCUT2D eigenvalue weighted by atomic mass is 35.5. The maximum atomic E-state index is 6.35. The summed E-state index contributed by atoms with van der Waals surface area (Å²) in [4.78, 5) is 0. The summed E-state index contributed by atoms with van der Waals surface area (Å²) in [6.45, 7) is 1.01. The van der Waals surface area contributed by atoms with Crippen molar-refractivity contribution >= 4 is 11.6 Å². The first-order valence-electron chi connectivity index (χ1n) is 7.75. The molecule has 18 heavy (non-hydrogen) atoms. The van der Waals surface area contributed by atoms with Crippen LogP contribution in [0.2, 0.25) is 0 Å². The molecule has 1 atom stereocenters. The van der Waals surface area contributed by atoms with E-state index in [-0.39, 0.29) is 11.1 Å². The predicted molar refractivity (Wildman–Crippen MR) is 75.2 cm³/mol. The van der Waals surface area contributed by atoms with Crippen LogP contribution >= 0.6 is 11.6 Å². The van der Waals surface area contributed by atoms with E-state index >= 15 is 0 Å². The zero-order chi connectivity index (χ0) is 12.5. The minimum Gasteiger partial charge on any atom is -0.370 e. The van der Waals surface area contributed by atoms with Gasteiger partial charge in [-0.15, -0.1) is 11.6 Å². The molecule has 0 amide bonds. The van der Waals surface area contributed by atoms with E-state index in [0.717, 1.165) is 12.4 Å². The van der Waals surface area contributed by atoms with E-state index in [4.69, 9.17) is 16.3 Å². The zero-order valence-corrected chi connectivity index (χ0v) is 12.1. The third kappa shape index (κ3) is 2.57. The average molecular weight is 272 g/mol. The Labute approximate surface area is 116 Å². The fourth-order valence-electron chi connectivity index (χ4n) is 4.17. The van der Waals surface area contributed by atoms with Gasteiger partial charge in [0.25, 0.3) is 0 Å². The van der Waals surface area contributed by atoms with Crippen molar-refractivity contribution in [2.45, 2.75) is 81.5 Å². The second-order valence-electron chi connectivity index (χ2n) is 6.67. The van der Waals surface area contributed by atoms with Crippen LogP contribution in [0.1, 0.15) is 64.2 Å². The van der Waals surface area contributed by atoms with Crippen LogP contribution in [0.3, 0.4) is 0 Å². The van der Waals surface area contributed by atoms with Gasteiger partial charge in [0.05, 0.1) is 11.7 Å². The molecule has 1 unspecified atom stereocenters. The molecule has 1 aliphatic heterocycles. The number of nitrogens with one attached hydrogen (secondary N) is 1. The molecule has 3 heteroatoms. The maximum Gasteiger partial charge on any atom is 0.0708 e. The molecule has 2 aliphatic carbocycles. The molecule has 2 nitrogen and oxygen atoms in total. The van der Waals surface area contributed by atoms with Gasteiger partial charge >= 0.3 is 0 Å². The summed E-state index contributed by atoms with van der Waals surface area (Å²) >= 11 is 6.17. The van der Waals surface area contributed by atoms with Gasteiger partial charge in [0.1, 0.15) is 0 Å². The molecule has 1 N–H and O–H groups in total. The Morgan fingerprint density at radius 2 is 1.67 bits per heavy atom. The lowest BCUT2D eigenvalue weighted by Crippen LogP contribution is -2.48. The van der Waals surface area contributed by atoms with Crippen LogP contribution in [0.4, 0.5) is 0 Å². The standard InChI is InChI=1S/C15H26ClNO/c16-12-14(6-1-2-7-14)17-11-13-5-10-15(18-13)8-3-4-9-15/h13,17H,1-12H2. The number of alkyl halides is 1. The lowest BCUT2D eigenvalue weighted by atomic mass is 9.98. The Morgan fingerprint density at radius 1 is 1.00 bits per heavy atom. The number of ether oxygens (including phenoxy) is 1. The van der Waals surface area contributed by atoms with Gasteiger partial charge in [-0.3, -0.25) is 0 Å². The van der Waals surface area contributed by atoms with E-state index in [1.165, 1.54) is 64.2 Å². The molecule has 1 spiro atoms. The quantitative estimate of drug-likeness (QED) is 0.789. The van der Waals surface area contributed by atoms with Crippen LogP contribution in [-0.2, 0) is 4.74 Å². The van der Waals surface area contributed by atoms with Crippen molar-refractivity contribution in [2.75, 3.05) is 12.4 Å². The van der Waals surface area contributed by atoms with Gasteiger partial charge in [-0.2, -0.15) is 0 Å². The van der Waals surface area contributed by atoms with Gasteiger partial charge in [0.2, 0.25) is 0 Å². The minimum atomic E-state index is 0.219. The molecule has 1 heterocycles. The van der Waals surface area contributed by atoms with Gasteiger partial charge in [-0.05, 0) is 38.5 Å². The molecule has 0 radical (unpaired) electrons. The molecule has 3 fully saturated rings. The highest BCUT2D eigenvalue weighted by Gasteiger charge is 2.42. The third-order valence-corrected chi connectivity index (χ3v) is 5.89. The molecule has 1 saturated heterocycles. The normalized spacial score (nSPS) is 33.5. The molecule has 0 bridgehead atoms. The van der Waals surface area contributed by atoms with E-state index in [9.17, 15) is 0 Å². The van der Waals surface area contributed by atoms with Crippen molar-refractivity contribution in [1.29, 1.82) is 0 Å². The molecular weight excluding hydrogens is 246 g/mol. The smallest absolute Gasteiger partial charge is 0.0708 e. The van der Waals surface area contributed by atoms with Gasteiger partial charge in [0, 0.05) is 18.0 Å². The fraction of sp³-hybridized carbons (Fsp3) is 1.00. The van der Waals surface area contributed by atoms with Crippen molar-refractivity contribution in [1.82, 2.24) is 5.32 Å².